The quantitative estimate of drug-likeness (QED) is 0.800. The van der Waals surface area contributed by atoms with Crippen LogP contribution < -0.4 is 4.72 Å². The van der Waals surface area contributed by atoms with Gasteiger partial charge in [-0.05, 0) is 18.2 Å². The lowest BCUT2D eigenvalue weighted by atomic mass is 10.3. The van der Waals surface area contributed by atoms with Crippen molar-refractivity contribution < 1.29 is 18.3 Å². The third-order valence-electron chi connectivity index (χ3n) is 2.40. The molecule has 106 valence electrons. The first-order chi connectivity index (χ1) is 9.31. The third kappa shape index (κ3) is 2.90. The average molecular weight is 335 g/mol. The summed E-state index contributed by atoms with van der Waals surface area (Å²) < 4.78 is 26.4. The topological polar surface area (TPSA) is 99.3 Å². The molecule has 0 radical (unpaired) electrons. The molecule has 0 aliphatic rings. The van der Waals surface area contributed by atoms with Gasteiger partial charge in [0.25, 0.3) is 10.0 Å². The number of carboxylic acid groups (broad SMARTS) is 1. The van der Waals surface area contributed by atoms with E-state index in [1.54, 1.807) is 6.07 Å². The molecule has 1 aromatic heterocycles. The molecular weight excluding hydrogens is 327 g/mol. The molecule has 0 unspecified atom stereocenters. The fraction of sp³-hybridized carbons (Fsp3) is 0. The van der Waals surface area contributed by atoms with Crippen molar-refractivity contribution in [3.63, 3.8) is 0 Å². The molecule has 1 aromatic carbocycles. The number of anilines is 1. The summed E-state index contributed by atoms with van der Waals surface area (Å²) in [5, 5.41) is 9.02. The molecule has 2 rings (SSSR count). The van der Waals surface area contributed by atoms with E-state index in [0.29, 0.717) is 0 Å². The van der Waals surface area contributed by atoms with Crippen molar-refractivity contribution in [1.82, 2.24) is 4.98 Å². The first kappa shape index (κ1) is 14.7. The van der Waals surface area contributed by atoms with E-state index in [1.807, 2.05) is 0 Å². The summed E-state index contributed by atoms with van der Waals surface area (Å²) in [6, 6.07) is 5.52. The smallest absolute Gasteiger partial charge is 0.352 e. The second kappa shape index (κ2) is 5.35. The minimum atomic E-state index is -3.98. The summed E-state index contributed by atoms with van der Waals surface area (Å²) in [6.45, 7) is 0. The molecular formula is C11H8Cl2N2O4S. The lowest BCUT2D eigenvalue weighted by molar-refractivity contribution is 0.0691. The predicted octanol–water partition coefficient (Wildman–Crippen LogP) is 2.82. The van der Waals surface area contributed by atoms with Crippen molar-refractivity contribution in [1.29, 1.82) is 0 Å². The van der Waals surface area contributed by atoms with E-state index in [4.69, 9.17) is 28.3 Å². The van der Waals surface area contributed by atoms with Gasteiger partial charge >= 0.3 is 5.97 Å². The Labute approximate surface area is 124 Å². The number of hydrogen-bond donors (Lipinski definition) is 3. The van der Waals surface area contributed by atoms with E-state index < -0.39 is 16.0 Å². The molecule has 0 spiro atoms. The van der Waals surface area contributed by atoms with E-state index in [1.165, 1.54) is 12.1 Å². The number of sulfonamides is 1. The fourth-order valence-electron chi connectivity index (χ4n) is 1.44. The van der Waals surface area contributed by atoms with Crippen molar-refractivity contribution in [3.05, 3.63) is 46.2 Å². The van der Waals surface area contributed by atoms with Crippen LogP contribution in [-0.2, 0) is 10.0 Å². The Hall–Kier alpha value is -1.70. The molecule has 0 saturated heterocycles. The van der Waals surface area contributed by atoms with Crippen LogP contribution >= 0.6 is 23.2 Å². The van der Waals surface area contributed by atoms with Crippen LogP contribution in [0.5, 0.6) is 0 Å². The number of rotatable bonds is 4. The number of aromatic nitrogens is 1. The summed E-state index contributed by atoms with van der Waals surface area (Å²) in [6.07, 6.45) is 1.07. The van der Waals surface area contributed by atoms with Gasteiger partial charge in [0.2, 0.25) is 0 Å². The Bertz CT molecular complexity index is 750. The number of carboxylic acids is 1. The highest BCUT2D eigenvalue weighted by Crippen LogP contribution is 2.31. The van der Waals surface area contributed by atoms with E-state index in [9.17, 15) is 13.2 Å². The minimum absolute atomic E-state index is 0.0360. The number of aromatic amines is 1. The van der Waals surface area contributed by atoms with Gasteiger partial charge in [-0.2, -0.15) is 0 Å². The van der Waals surface area contributed by atoms with Gasteiger partial charge in [0.1, 0.15) is 10.6 Å². The zero-order valence-corrected chi connectivity index (χ0v) is 12.1. The Morgan fingerprint density at radius 3 is 2.35 bits per heavy atom. The molecule has 0 saturated carbocycles. The summed E-state index contributed by atoms with van der Waals surface area (Å²) >= 11 is 11.7. The standard InChI is InChI=1S/C11H8Cl2N2O4S/c12-7-2-1-3-8(13)10(7)15-20(18,19)6-4-9(11(16)17)14-5-6/h1-5,14-15H,(H,16,17). The highest BCUT2D eigenvalue weighted by atomic mass is 35.5. The van der Waals surface area contributed by atoms with Gasteiger partial charge < -0.3 is 10.1 Å². The largest absolute Gasteiger partial charge is 0.477 e. The number of halogens is 2. The van der Waals surface area contributed by atoms with Crippen LogP contribution in [0.25, 0.3) is 0 Å². The van der Waals surface area contributed by atoms with Gasteiger partial charge in [0.05, 0.1) is 15.7 Å². The molecule has 0 atom stereocenters. The van der Waals surface area contributed by atoms with Crippen molar-refractivity contribution >= 4 is 44.9 Å². The first-order valence-corrected chi connectivity index (χ1v) is 7.44. The monoisotopic (exact) mass is 334 g/mol. The van der Waals surface area contributed by atoms with Gasteiger partial charge in [0, 0.05) is 6.20 Å². The van der Waals surface area contributed by atoms with Crippen molar-refractivity contribution in [2.75, 3.05) is 4.72 Å². The molecule has 9 heteroatoms. The minimum Gasteiger partial charge on any atom is -0.477 e. The lowest BCUT2D eigenvalue weighted by Crippen LogP contribution is -2.13. The Kier molecular flexibility index (Phi) is 3.94. The maximum atomic E-state index is 12.1. The highest BCUT2D eigenvalue weighted by Gasteiger charge is 2.20. The van der Waals surface area contributed by atoms with Crippen LogP contribution in [0.4, 0.5) is 5.69 Å². The lowest BCUT2D eigenvalue weighted by Gasteiger charge is -2.09. The van der Waals surface area contributed by atoms with Gasteiger partial charge in [0.15, 0.2) is 0 Å². The normalized spacial score (nSPS) is 11.3. The average Bonchev–Trinajstić information content (AvgIpc) is 2.84. The van der Waals surface area contributed by atoms with Crippen LogP contribution in [0.1, 0.15) is 10.5 Å². The van der Waals surface area contributed by atoms with Crippen molar-refractivity contribution in [2.24, 2.45) is 0 Å². The van der Waals surface area contributed by atoms with Gasteiger partial charge in [-0.15, -0.1) is 0 Å². The third-order valence-corrected chi connectivity index (χ3v) is 4.36. The SMILES string of the molecule is O=C(O)c1cc(S(=O)(=O)Nc2c(Cl)cccc2Cl)c[nH]1. The van der Waals surface area contributed by atoms with Gasteiger partial charge in [-0.3, -0.25) is 4.72 Å². The molecule has 0 fully saturated rings. The molecule has 0 bridgehead atoms. The summed E-state index contributed by atoms with van der Waals surface area (Å²) in [4.78, 5) is 12.8. The number of H-pyrrole nitrogens is 1. The van der Waals surface area contributed by atoms with E-state index in [-0.39, 0.29) is 26.3 Å². The maximum absolute atomic E-state index is 12.1. The Morgan fingerprint density at radius 1 is 1.25 bits per heavy atom. The van der Waals surface area contributed by atoms with Crippen molar-refractivity contribution in [3.8, 4) is 0 Å². The van der Waals surface area contributed by atoms with E-state index in [0.717, 1.165) is 12.3 Å². The van der Waals surface area contributed by atoms with Crippen LogP contribution in [0, 0.1) is 0 Å². The number of para-hydroxylation sites is 1. The number of carbonyl (C=O) groups is 1. The number of hydrogen-bond acceptors (Lipinski definition) is 3. The number of nitrogens with one attached hydrogen (secondary N) is 2. The zero-order chi connectivity index (χ0) is 14.9. The molecule has 0 aliphatic carbocycles. The predicted molar refractivity (Wildman–Crippen MR) is 75.0 cm³/mol. The Balaban J connectivity index is 2.38. The Morgan fingerprint density at radius 2 is 1.85 bits per heavy atom. The number of benzene rings is 1. The molecule has 0 aliphatic heterocycles. The molecule has 6 nitrogen and oxygen atoms in total. The van der Waals surface area contributed by atoms with Gasteiger partial charge in [-0.1, -0.05) is 29.3 Å². The molecule has 1 heterocycles. The molecule has 2 aromatic rings. The summed E-state index contributed by atoms with van der Waals surface area (Å²) in [7, 11) is -3.98. The fourth-order valence-corrected chi connectivity index (χ4v) is 3.14. The molecule has 3 N–H and O–H groups in total. The first-order valence-electron chi connectivity index (χ1n) is 5.20. The second-order valence-corrected chi connectivity index (χ2v) is 6.25. The molecule has 0 amide bonds. The maximum Gasteiger partial charge on any atom is 0.352 e. The van der Waals surface area contributed by atoms with E-state index >= 15 is 0 Å². The van der Waals surface area contributed by atoms with Gasteiger partial charge in [-0.25, -0.2) is 13.2 Å². The summed E-state index contributed by atoms with van der Waals surface area (Å²) in [5.74, 6) is -1.26. The van der Waals surface area contributed by atoms with Crippen LogP contribution in [0.2, 0.25) is 10.0 Å². The molecule has 20 heavy (non-hydrogen) atoms. The van der Waals surface area contributed by atoms with Crippen LogP contribution in [-0.4, -0.2) is 24.5 Å². The van der Waals surface area contributed by atoms with E-state index in [2.05, 4.69) is 9.71 Å². The number of aromatic carboxylic acids is 1. The van der Waals surface area contributed by atoms with Crippen LogP contribution in [0.3, 0.4) is 0 Å². The van der Waals surface area contributed by atoms with Crippen molar-refractivity contribution in [2.45, 2.75) is 4.90 Å². The highest BCUT2D eigenvalue weighted by molar-refractivity contribution is 7.92. The second-order valence-electron chi connectivity index (χ2n) is 3.76. The zero-order valence-electron chi connectivity index (χ0n) is 9.72. The van der Waals surface area contributed by atoms with Crippen LogP contribution in [0.15, 0.2) is 35.4 Å². The summed E-state index contributed by atoms with van der Waals surface area (Å²) in [5.41, 5.74) is -0.204.